The van der Waals surface area contributed by atoms with Gasteiger partial charge in [0.2, 0.25) is 0 Å². The van der Waals surface area contributed by atoms with Crippen molar-refractivity contribution in [3.05, 3.63) is 47.7 Å². The smallest absolute Gasteiger partial charge is 0.337 e. The summed E-state index contributed by atoms with van der Waals surface area (Å²) in [6.45, 7) is 3.64. The number of aromatic carboxylic acids is 1. The van der Waals surface area contributed by atoms with Crippen LogP contribution in [0.2, 0.25) is 0 Å². The first kappa shape index (κ1) is 12.3. The average Bonchev–Trinajstić information content (AvgIpc) is 2.76. The lowest BCUT2D eigenvalue weighted by molar-refractivity contribution is 0.0698. The van der Waals surface area contributed by atoms with Gasteiger partial charge in [-0.2, -0.15) is 4.68 Å². The highest BCUT2D eigenvalue weighted by Gasteiger charge is 2.15. The van der Waals surface area contributed by atoms with E-state index in [0.717, 1.165) is 5.39 Å². The third kappa shape index (κ3) is 1.82. The number of rotatable bonds is 2. The predicted molar refractivity (Wildman–Crippen MR) is 73.1 cm³/mol. The standard InChI is InChI=1S/C14H12N4O2/c1-8-16-9(2)18(17-8)13-11-6-4-3-5-10(11)12(7-15-13)14(19)20/h3-7H,1-2H3,(H,19,20). The Bertz CT molecular complexity index is 823. The van der Waals surface area contributed by atoms with Crippen LogP contribution in [0.3, 0.4) is 0 Å². The molecule has 0 bridgehead atoms. The number of pyridine rings is 1. The third-order valence-electron chi connectivity index (χ3n) is 3.08. The number of hydrogen-bond acceptors (Lipinski definition) is 4. The Kier molecular flexibility index (Phi) is 2.71. The van der Waals surface area contributed by atoms with E-state index in [2.05, 4.69) is 15.1 Å². The Morgan fingerprint density at radius 2 is 1.90 bits per heavy atom. The molecule has 1 aromatic carbocycles. The minimum absolute atomic E-state index is 0.179. The van der Waals surface area contributed by atoms with Crippen LogP contribution < -0.4 is 0 Å². The molecule has 100 valence electrons. The highest BCUT2D eigenvalue weighted by molar-refractivity contribution is 6.05. The first-order valence-electron chi connectivity index (χ1n) is 6.09. The first-order valence-corrected chi connectivity index (χ1v) is 6.09. The molecule has 3 aromatic rings. The minimum atomic E-state index is -0.994. The summed E-state index contributed by atoms with van der Waals surface area (Å²) in [5.74, 6) is 0.953. The number of benzene rings is 1. The van der Waals surface area contributed by atoms with Crippen LogP contribution in [0.25, 0.3) is 16.6 Å². The van der Waals surface area contributed by atoms with Crippen LogP contribution in [0.1, 0.15) is 22.0 Å². The zero-order valence-electron chi connectivity index (χ0n) is 11.0. The number of nitrogens with zero attached hydrogens (tertiary/aromatic N) is 4. The Morgan fingerprint density at radius 1 is 1.20 bits per heavy atom. The maximum absolute atomic E-state index is 11.3. The van der Waals surface area contributed by atoms with Crippen LogP contribution in [-0.2, 0) is 0 Å². The summed E-state index contributed by atoms with van der Waals surface area (Å²) in [4.78, 5) is 19.8. The molecular formula is C14H12N4O2. The Morgan fingerprint density at radius 3 is 2.50 bits per heavy atom. The maximum atomic E-state index is 11.3. The van der Waals surface area contributed by atoms with E-state index < -0.39 is 5.97 Å². The largest absolute Gasteiger partial charge is 0.478 e. The van der Waals surface area contributed by atoms with Gasteiger partial charge in [0.15, 0.2) is 5.82 Å². The highest BCUT2D eigenvalue weighted by atomic mass is 16.4. The van der Waals surface area contributed by atoms with Crippen molar-refractivity contribution < 1.29 is 9.90 Å². The lowest BCUT2D eigenvalue weighted by Gasteiger charge is -2.08. The van der Waals surface area contributed by atoms with Gasteiger partial charge in [0.1, 0.15) is 11.6 Å². The SMILES string of the molecule is Cc1nc(C)n(-c2ncc(C(=O)O)c3ccccc23)n1. The molecule has 0 radical (unpaired) electrons. The molecule has 0 spiro atoms. The van der Waals surface area contributed by atoms with E-state index in [9.17, 15) is 9.90 Å². The molecule has 0 saturated heterocycles. The van der Waals surface area contributed by atoms with Gasteiger partial charge in [-0.3, -0.25) is 0 Å². The van der Waals surface area contributed by atoms with Gasteiger partial charge in [0.05, 0.1) is 5.56 Å². The second-order valence-corrected chi connectivity index (χ2v) is 4.46. The zero-order chi connectivity index (χ0) is 14.3. The molecule has 0 aliphatic heterocycles. The Balaban J connectivity index is 2.36. The van der Waals surface area contributed by atoms with Gasteiger partial charge >= 0.3 is 5.97 Å². The number of aryl methyl sites for hydroxylation is 2. The van der Waals surface area contributed by atoms with Crippen LogP contribution in [0.5, 0.6) is 0 Å². The van der Waals surface area contributed by atoms with E-state index in [0.29, 0.717) is 22.9 Å². The fourth-order valence-corrected chi connectivity index (χ4v) is 2.24. The first-order chi connectivity index (χ1) is 9.58. The molecule has 0 aliphatic carbocycles. The summed E-state index contributed by atoms with van der Waals surface area (Å²) < 4.78 is 1.63. The molecule has 2 aromatic heterocycles. The predicted octanol–water partition coefficient (Wildman–Crippen LogP) is 2.13. The minimum Gasteiger partial charge on any atom is -0.478 e. The summed E-state index contributed by atoms with van der Waals surface area (Å²) in [7, 11) is 0. The topological polar surface area (TPSA) is 80.9 Å². The fourth-order valence-electron chi connectivity index (χ4n) is 2.24. The third-order valence-corrected chi connectivity index (χ3v) is 3.08. The molecule has 0 amide bonds. The molecule has 1 N–H and O–H groups in total. The lowest BCUT2D eigenvalue weighted by Crippen LogP contribution is -2.06. The Hall–Kier alpha value is -2.76. The van der Waals surface area contributed by atoms with Crippen molar-refractivity contribution in [1.29, 1.82) is 0 Å². The molecule has 20 heavy (non-hydrogen) atoms. The van der Waals surface area contributed by atoms with E-state index >= 15 is 0 Å². The summed E-state index contributed by atoms with van der Waals surface area (Å²) in [6, 6.07) is 7.25. The number of carbonyl (C=O) groups is 1. The van der Waals surface area contributed by atoms with E-state index in [1.807, 2.05) is 19.1 Å². The van der Waals surface area contributed by atoms with Gasteiger partial charge in [-0.25, -0.2) is 14.8 Å². The normalized spacial score (nSPS) is 10.9. The maximum Gasteiger partial charge on any atom is 0.337 e. The zero-order valence-corrected chi connectivity index (χ0v) is 11.0. The average molecular weight is 268 g/mol. The number of carboxylic acids is 1. The molecule has 0 atom stereocenters. The van der Waals surface area contributed by atoms with E-state index in [-0.39, 0.29) is 5.56 Å². The monoisotopic (exact) mass is 268 g/mol. The summed E-state index contributed by atoms with van der Waals surface area (Å²) in [5.41, 5.74) is 0.179. The van der Waals surface area contributed by atoms with Crippen molar-refractivity contribution in [2.24, 2.45) is 0 Å². The van der Waals surface area contributed by atoms with Crippen LogP contribution in [-0.4, -0.2) is 30.8 Å². The van der Waals surface area contributed by atoms with Gasteiger partial charge in [-0.15, -0.1) is 5.10 Å². The molecule has 0 fully saturated rings. The van der Waals surface area contributed by atoms with Gasteiger partial charge in [0.25, 0.3) is 0 Å². The summed E-state index contributed by atoms with van der Waals surface area (Å²) in [6.07, 6.45) is 1.36. The molecule has 6 nitrogen and oxygen atoms in total. The number of hydrogen-bond donors (Lipinski definition) is 1. The van der Waals surface area contributed by atoms with Crippen molar-refractivity contribution in [2.45, 2.75) is 13.8 Å². The molecule has 0 aliphatic rings. The van der Waals surface area contributed by atoms with Crippen molar-refractivity contribution in [2.75, 3.05) is 0 Å². The van der Waals surface area contributed by atoms with Crippen LogP contribution in [0.4, 0.5) is 0 Å². The van der Waals surface area contributed by atoms with E-state index in [4.69, 9.17) is 0 Å². The Labute approximate surface area is 114 Å². The molecule has 0 unspecified atom stereocenters. The highest BCUT2D eigenvalue weighted by Crippen LogP contribution is 2.23. The van der Waals surface area contributed by atoms with Crippen molar-refractivity contribution in [3.63, 3.8) is 0 Å². The van der Waals surface area contributed by atoms with Crippen LogP contribution in [0, 0.1) is 13.8 Å². The summed E-state index contributed by atoms with van der Waals surface area (Å²) in [5, 5.41) is 14.9. The van der Waals surface area contributed by atoms with Crippen molar-refractivity contribution in [3.8, 4) is 5.82 Å². The van der Waals surface area contributed by atoms with E-state index in [1.54, 1.807) is 23.7 Å². The van der Waals surface area contributed by atoms with Crippen LogP contribution in [0.15, 0.2) is 30.5 Å². The number of aromatic nitrogens is 4. The van der Waals surface area contributed by atoms with Gasteiger partial charge in [-0.05, 0) is 13.8 Å². The number of fused-ring (bicyclic) bond motifs is 1. The quantitative estimate of drug-likeness (QED) is 0.770. The second kappa shape index (κ2) is 4.41. The summed E-state index contributed by atoms with van der Waals surface area (Å²) >= 11 is 0. The van der Waals surface area contributed by atoms with Crippen LogP contribution >= 0.6 is 0 Å². The molecule has 2 heterocycles. The molecule has 0 saturated carbocycles. The molecule has 6 heteroatoms. The lowest BCUT2D eigenvalue weighted by atomic mass is 10.1. The second-order valence-electron chi connectivity index (χ2n) is 4.46. The van der Waals surface area contributed by atoms with Crippen molar-refractivity contribution in [1.82, 2.24) is 19.7 Å². The van der Waals surface area contributed by atoms with Gasteiger partial charge in [0, 0.05) is 17.0 Å². The molecular weight excluding hydrogens is 256 g/mol. The van der Waals surface area contributed by atoms with Crippen molar-refractivity contribution >= 4 is 16.7 Å². The molecule has 3 rings (SSSR count). The number of carboxylic acid groups (broad SMARTS) is 1. The van der Waals surface area contributed by atoms with E-state index in [1.165, 1.54) is 6.20 Å². The fraction of sp³-hybridized carbons (Fsp3) is 0.143. The van der Waals surface area contributed by atoms with Gasteiger partial charge in [-0.1, -0.05) is 24.3 Å². The van der Waals surface area contributed by atoms with Gasteiger partial charge < -0.3 is 5.11 Å².